The highest BCUT2D eigenvalue weighted by atomic mass is 16.6. The molecule has 4 rings (SSSR count). The molecule has 0 unspecified atom stereocenters. The van der Waals surface area contributed by atoms with E-state index in [-0.39, 0.29) is 45.7 Å². The van der Waals surface area contributed by atoms with Crippen LogP contribution in [-0.2, 0) is 75.4 Å². The van der Waals surface area contributed by atoms with Gasteiger partial charge < -0.3 is 81.0 Å². The quantitative estimate of drug-likeness (QED) is 0.0597. The van der Waals surface area contributed by atoms with E-state index in [1.165, 1.54) is 33.1 Å². The van der Waals surface area contributed by atoms with E-state index in [1.54, 1.807) is 102 Å². The number of benzene rings is 2. The van der Waals surface area contributed by atoms with Crippen LogP contribution in [0, 0.1) is 5.92 Å². The molecule has 7 atom stereocenters. The Bertz CT molecular complexity index is 2710. The smallest absolute Gasteiger partial charge is 0.408 e. The summed E-state index contributed by atoms with van der Waals surface area (Å²) in [6.45, 7) is 6.95. The van der Waals surface area contributed by atoms with E-state index < -0.39 is 158 Å². The molecule has 28 heteroatoms. The van der Waals surface area contributed by atoms with E-state index in [1.807, 2.05) is 0 Å². The van der Waals surface area contributed by atoms with Crippen molar-refractivity contribution in [2.75, 3.05) is 80.5 Å². The summed E-state index contributed by atoms with van der Waals surface area (Å²) in [5.41, 5.74) is 6.00. The van der Waals surface area contributed by atoms with Gasteiger partial charge in [0.2, 0.25) is 53.2 Å². The van der Waals surface area contributed by atoms with Crippen LogP contribution in [0.2, 0.25) is 0 Å². The maximum Gasteiger partial charge on any atom is 0.408 e. The molecule has 2 fully saturated rings. The SMILES string of the molecule is CC(C)[C@@H](C(=O)NC[C@@H](NC(=O)OCc1ccccc1)C(=O)N1CCCC[C@H]1C(=O)O)N(C)C(=O)CN(C)C(=O)CNC(=O)[C@@H]1CCCCN1C(=O)[C@@H](CNC(=O)[C@H]([C@@H](C)OC(C)(C)C)N(C)C(=O)CN(C)C(=O)CN)NC(=O)OCc1ccccc1. The molecule has 2 heterocycles. The molecule has 11 amide bonds. The molecule has 8 N–H and O–H groups in total. The second-order valence-electron chi connectivity index (χ2n) is 22.9. The normalized spacial score (nSPS) is 16.7. The predicted molar refractivity (Wildman–Crippen MR) is 315 cm³/mol. The Morgan fingerprint density at radius 1 is 0.598 bits per heavy atom. The molecule has 0 spiro atoms. The molecule has 0 aromatic heterocycles. The van der Waals surface area contributed by atoms with Gasteiger partial charge in [-0.05, 0) is 83.3 Å². The fraction of sp³-hybridized carbons (Fsp3) is 0.593. The number of nitrogens with one attached hydrogen (secondary N) is 5. The van der Waals surface area contributed by atoms with Crippen LogP contribution in [-0.4, -0.2) is 234 Å². The van der Waals surface area contributed by atoms with E-state index in [4.69, 9.17) is 19.9 Å². The highest BCUT2D eigenvalue weighted by Gasteiger charge is 2.41. The Labute approximate surface area is 507 Å². The topological polar surface area (TPSA) is 358 Å². The number of carboxylic acid groups (broad SMARTS) is 1. The minimum atomic E-state index is -1.55. The molecule has 0 radical (unpaired) electrons. The summed E-state index contributed by atoms with van der Waals surface area (Å²) in [4.78, 5) is 169. The first-order valence-electron chi connectivity index (χ1n) is 29.0. The Kier molecular flexibility index (Phi) is 27.8. The minimum Gasteiger partial charge on any atom is -0.480 e. The van der Waals surface area contributed by atoms with E-state index in [2.05, 4.69) is 26.6 Å². The number of piperidine rings is 2. The van der Waals surface area contributed by atoms with Crippen LogP contribution >= 0.6 is 0 Å². The van der Waals surface area contributed by atoms with Crippen LogP contribution in [0.5, 0.6) is 0 Å². The minimum absolute atomic E-state index is 0.0329. The van der Waals surface area contributed by atoms with Crippen molar-refractivity contribution in [3.8, 4) is 0 Å². The molecular weight excluding hydrogens is 1130 g/mol. The monoisotopic (exact) mass is 1220 g/mol. The number of hydrogen-bond donors (Lipinski definition) is 7. The van der Waals surface area contributed by atoms with Gasteiger partial charge in [-0.3, -0.25) is 43.2 Å². The number of ether oxygens (including phenoxy) is 3. The van der Waals surface area contributed by atoms with Crippen molar-refractivity contribution in [3.05, 3.63) is 71.8 Å². The average Bonchev–Trinajstić information content (AvgIpc) is 3.24. The number of alkyl carbamates (subject to hydrolysis) is 2. The third-order valence-corrected chi connectivity index (χ3v) is 14.7. The lowest BCUT2D eigenvalue weighted by Gasteiger charge is -2.38. The summed E-state index contributed by atoms with van der Waals surface area (Å²) in [5, 5.41) is 22.8. The number of aliphatic carboxylic acids is 1. The zero-order valence-corrected chi connectivity index (χ0v) is 51.5. The Hall–Kier alpha value is -8.40. The summed E-state index contributed by atoms with van der Waals surface area (Å²) in [6, 6.07) is 9.58. The number of rotatable bonds is 28. The van der Waals surface area contributed by atoms with Gasteiger partial charge in [-0.1, -0.05) is 74.5 Å². The van der Waals surface area contributed by atoms with Gasteiger partial charge in [0.05, 0.1) is 37.9 Å². The number of carbonyl (C=O) groups is 12. The fourth-order valence-corrected chi connectivity index (χ4v) is 10.1. The second kappa shape index (κ2) is 34.1. The standard InChI is InChI=1S/C59H88N12O16/c1-37(2)49(52(77)61-30-42(55(80)71-28-20-18-26-44(71)56(81)82)65-58(84)86-36-40-23-15-12-16-24-40)68(9)47(74)34-67(8)46(73)32-63-51(76)43-25-17-19-27-70(43)54(79)41(64-57(83)85-35-39-21-13-11-14-22-39)31-62-53(78)50(38(3)87-59(4,5)6)69(10)48(75)33-66(7)45(72)29-60/h11-16,21-24,37-38,41-44,49-50H,17-20,25-36,60H2,1-10H3,(H,61,77)(H,62,78)(H,63,76)(H,64,83)(H,65,84)(H,81,82)/t38-,41-,42-,43+,44+,49+,50+/m1/s1. The van der Waals surface area contributed by atoms with Crippen molar-refractivity contribution in [1.82, 2.24) is 56.0 Å². The first-order valence-corrected chi connectivity index (χ1v) is 29.0. The van der Waals surface area contributed by atoms with Gasteiger partial charge in [0.15, 0.2) is 0 Å². The van der Waals surface area contributed by atoms with Crippen LogP contribution in [0.3, 0.4) is 0 Å². The lowest BCUT2D eigenvalue weighted by molar-refractivity contribution is -0.153. The third kappa shape index (κ3) is 22.1. The molecule has 0 bridgehead atoms. The van der Waals surface area contributed by atoms with Crippen LogP contribution in [0.1, 0.15) is 91.2 Å². The van der Waals surface area contributed by atoms with Gasteiger partial charge >= 0.3 is 18.2 Å². The van der Waals surface area contributed by atoms with E-state index >= 15 is 0 Å². The van der Waals surface area contributed by atoms with Crippen LogP contribution in [0.15, 0.2) is 60.7 Å². The van der Waals surface area contributed by atoms with Gasteiger partial charge in [0, 0.05) is 54.4 Å². The number of likely N-dealkylation sites (N-methyl/N-ethyl adjacent to an activating group) is 4. The maximum absolute atomic E-state index is 14.7. The zero-order valence-electron chi connectivity index (χ0n) is 51.5. The number of nitrogens with zero attached hydrogens (tertiary/aromatic N) is 6. The van der Waals surface area contributed by atoms with Crippen LogP contribution in [0.4, 0.5) is 9.59 Å². The Morgan fingerprint density at radius 3 is 1.46 bits per heavy atom. The predicted octanol–water partition coefficient (Wildman–Crippen LogP) is 0.161. The van der Waals surface area contributed by atoms with Crippen LogP contribution < -0.4 is 32.3 Å². The molecule has 28 nitrogen and oxygen atoms in total. The van der Waals surface area contributed by atoms with Gasteiger partial charge in [-0.25, -0.2) is 14.4 Å². The number of nitrogens with two attached hydrogens (primary N) is 1. The summed E-state index contributed by atoms with van der Waals surface area (Å²) < 4.78 is 16.9. The Morgan fingerprint density at radius 2 is 1.02 bits per heavy atom. The second-order valence-corrected chi connectivity index (χ2v) is 22.9. The number of carbonyl (C=O) groups excluding carboxylic acids is 11. The zero-order chi connectivity index (χ0) is 64.7. The molecule has 2 aromatic rings. The summed E-state index contributed by atoms with van der Waals surface area (Å²) >= 11 is 0. The number of amides is 11. The van der Waals surface area contributed by atoms with Gasteiger partial charge in [0.1, 0.15) is 49.5 Å². The molecule has 87 heavy (non-hydrogen) atoms. The molecule has 2 aromatic carbocycles. The molecule has 2 aliphatic rings. The van der Waals surface area contributed by atoms with E-state index in [0.717, 1.165) is 24.5 Å². The molecule has 2 aliphatic heterocycles. The van der Waals surface area contributed by atoms with Crippen LogP contribution in [0.25, 0.3) is 0 Å². The molecule has 0 saturated carbocycles. The lowest BCUT2D eigenvalue weighted by Crippen LogP contribution is -2.62. The van der Waals surface area contributed by atoms with Gasteiger partial charge in [0.25, 0.3) is 0 Å². The lowest BCUT2D eigenvalue weighted by atomic mass is 10.00. The van der Waals surface area contributed by atoms with Crippen molar-refractivity contribution in [3.63, 3.8) is 0 Å². The maximum atomic E-state index is 14.7. The number of hydrogen-bond acceptors (Lipinski definition) is 16. The molecule has 2 saturated heterocycles. The average molecular weight is 1220 g/mol. The van der Waals surface area contributed by atoms with Crippen molar-refractivity contribution < 1.29 is 76.9 Å². The summed E-state index contributed by atoms with van der Waals surface area (Å²) in [6.07, 6.45) is -0.628. The van der Waals surface area contributed by atoms with Crippen molar-refractivity contribution in [2.24, 2.45) is 11.7 Å². The summed E-state index contributed by atoms with van der Waals surface area (Å²) in [7, 11) is 5.39. The first kappa shape index (κ1) is 71.1. The third-order valence-electron chi connectivity index (χ3n) is 14.7. The van der Waals surface area contributed by atoms with Crippen molar-refractivity contribution >= 4 is 71.3 Å². The fourth-order valence-electron chi connectivity index (χ4n) is 10.1. The van der Waals surface area contributed by atoms with Crippen molar-refractivity contribution in [2.45, 2.75) is 141 Å². The highest BCUT2D eigenvalue weighted by molar-refractivity contribution is 5.96. The van der Waals surface area contributed by atoms with E-state index in [9.17, 15) is 62.6 Å². The molecular formula is C59H88N12O16. The molecule has 480 valence electrons. The largest absolute Gasteiger partial charge is 0.480 e. The number of carboxylic acids is 1. The van der Waals surface area contributed by atoms with E-state index in [0.29, 0.717) is 36.8 Å². The highest BCUT2D eigenvalue weighted by Crippen LogP contribution is 2.22. The van der Waals surface area contributed by atoms with Crippen molar-refractivity contribution in [1.29, 1.82) is 0 Å². The Balaban J connectivity index is 1.45. The number of likely N-dealkylation sites (tertiary alicyclic amines) is 2. The van der Waals surface area contributed by atoms with Gasteiger partial charge in [-0.15, -0.1) is 0 Å². The molecule has 0 aliphatic carbocycles. The summed E-state index contributed by atoms with van der Waals surface area (Å²) in [5.74, 6) is -8.13. The van der Waals surface area contributed by atoms with Gasteiger partial charge in [-0.2, -0.15) is 0 Å². The first-order chi connectivity index (χ1) is 41.0.